The monoisotopic (exact) mass is 280 g/mol. The maximum atomic E-state index is 13.0. The summed E-state index contributed by atoms with van der Waals surface area (Å²) in [6.07, 6.45) is 4.73. The first kappa shape index (κ1) is 14.0. The number of carbonyl (C=O) groups is 1. The van der Waals surface area contributed by atoms with Gasteiger partial charge in [-0.2, -0.15) is 0 Å². The number of Topliss-reactive ketones (excluding diaryl/α,β-unsaturated/α-hetero) is 1. The molecule has 0 bridgehead atoms. The number of pyridine rings is 1. The minimum Gasteiger partial charge on any atom is -0.329 e. The lowest BCUT2D eigenvalue weighted by Gasteiger charge is -2.26. The first-order chi connectivity index (χ1) is 10.3. The minimum absolute atomic E-state index is 0.108. The van der Waals surface area contributed by atoms with E-state index in [1.807, 2.05) is 36.4 Å². The molecule has 108 valence electrons. The number of aryl methyl sites for hydroxylation is 1. The second-order valence-electron chi connectivity index (χ2n) is 5.59. The van der Waals surface area contributed by atoms with Crippen molar-refractivity contribution < 1.29 is 4.79 Å². The summed E-state index contributed by atoms with van der Waals surface area (Å²) in [7, 11) is 0. The van der Waals surface area contributed by atoms with E-state index >= 15 is 0 Å². The number of carbonyl (C=O) groups excluding carboxylic acids is 1. The topological polar surface area (TPSA) is 56.0 Å². The first-order valence-corrected chi connectivity index (χ1v) is 7.53. The van der Waals surface area contributed by atoms with Crippen molar-refractivity contribution in [2.45, 2.75) is 31.1 Å². The third-order valence-corrected chi connectivity index (χ3v) is 4.32. The summed E-state index contributed by atoms with van der Waals surface area (Å²) in [5.74, 6) is -0.129. The lowest BCUT2D eigenvalue weighted by Crippen LogP contribution is -2.29. The molecule has 0 saturated carbocycles. The highest BCUT2D eigenvalue weighted by atomic mass is 16.1. The molecule has 1 aliphatic carbocycles. The average Bonchev–Trinajstić information content (AvgIpc) is 2.56. The summed E-state index contributed by atoms with van der Waals surface area (Å²) in [5.41, 5.74) is 9.07. The fraction of sp³-hybridized carbons (Fsp3) is 0.333. The van der Waals surface area contributed by atoms with Crippen molar-refractivity contribution in [1.29, 1.82) is 0 Å². The molecule has 2 atom stereocenters. The van der Waals surface area contributed by atoms with Crippen LogP contribution in [0.1, 0.15) is 41.5 Å². The Hall–Kier alpha value is -2.00. The molecule has 0 spiro atoms. The summed E-state index contributed by atoms with van der Waals surface area (Å²) >= 11 is 0. The van der Waals surface area contributed by atoms with E-state index in [0.717, 1.165) is 30.5 Å². The summed E-state index contributed by atoms with van der Waals surface area (Å²) in [6.45, 7) is 0.349. The maximum Gasteiger partial charge on any atom is 0.150 e. The van der Waals surface area contributed by atoms with Gasteiger partial charge in [0.1, 0.15) is 0 Å². The van der Waals surface area contributed by atoms with E-state index < -0.39 is 0 Å². The van der Waals surface area contributed by atoms with Crippen LogP contribution >= 0.6 is 0 Å². The van der Waals surface area contributed by atoms with Gasteiger partial charge in [0.2, 0.25) is 0 Å². The molecule has 1 aromatic carbocycles. The maximum absolute atomic E-state index is 13.0. The summed E-state index contributed by atoms with van der Waals surface area (Å²) in [4.78, 5) is 17.4. The normalized spacial score (nSPS) is 18.8. The van der Waals surface area contributed by atoms with Gasteiger partial charge in [-0.15, -0.1) is 0 Å². The van der Waals surface area contributed by atoms with Crippen LogP contribution in [0.15, 0.2) is 48.7 Å². The molecule has 21 heavy (non-hydrogen) atoms. The van der Waals surface area contributed by atoms with E-state index in [4.69, 9.17) is 5.73 Å². The smallest absolute Gasteiger partial charge is 0.150 e. The third-order valence-electron chi connectivity index (χ3n) is 4.32. The van der Waals surface area contributed by atoms with E-state index in [9.17, 15) is 4.79 Å². The number of fused-ring (bicyclic) bond motifs is 1. The van der Waals surface area contributed by atoms with Gasteiger partial charge >= 0.3 is 0 Å². The lowest BCUT2D eigenvalue weighted by molar-refractivity contribution is -0.122. The molecule has 0 amide bonds. The number of benzene rings is 1. The van der Waals surface area contributed by atoms with Gasteiger partial charge in [-0.05, 0) is 36.5 Å². The average molecular weight is 280 g/mol. The van der Waals surface area contributed by atoms with E-state index in [1.165, 1.54) is 5.56 Å². The SMILES string of the molecule is NCC(C(=O)C1CCCc2cccnc21)c1ccccc1. The molecule has 3 nitrogen and oxygen atoms in total. The van der Waals surface area contributed by atoms with Gasteiger partial charge in [0.05, 0.1) is 17.5 Å². The minimum atomic E-state index is -0.232. The predicted molar refractivity (Wildman–Crippen MR) is 83.2 cm³/mol. The van der Waals surface area contributed by atoms with Crippen LogP contribution in [0.25, 0.3) is 0 Å². The summed E-state index contributed by atoms with van der Waals surface area (Å²) in [5, 5.41) is 0. The van der Waals surface area contributed by atoms with Gasteiger partial charge in [0.25, 0.3) is 0 Å². The van der Waals surface area contributed by atoms with E-state index in [1.54, 1.807) is 6.20 Å². The van der Waals surface area contributed by atoms with Gasteiger partial charge < -0.3 is 5.73 Å². The van der Waals surface area contributed by atoms with Crippen LogP contribution in [0.4, 0.5) is 0 Å². The molecule has 2 unspecified atom stereocenters. The molecule has 3 heteroatoms. The standard InChI is InChI=1S/C18H20N2O/c19-12-16(13-6-2-1-3-7-13)18(21)15-10-4-8-14-9-5-11-20-17(14)15/h1-3,5-7,9,11,15-16H,4,8,10,12,19H2. The number of hydrogen-bond acceptors (Lipinski definition) is 3. The Kier molecular flexibility index (Phi) is 4.11. The van der Waals surface area contributed by atoms with E-state index in [-0.39, 0.29) is 17.6 Å². The number of nitrogens with zero attached hydrogens (tertiary/aromatic N) is 1. The Balaban J connectivity index is 1.92. The second-order valence-corrected chi connectivity index (χ2v) is 5.59. The van der Waals surface area contributed by atoms with Crippen LogP contribution in [-0.4, -0.2) is 17.3 Å². The van der Waals surface area contributed by atoms with Crippen molar-refractivity contribution in [2.24, 2.45) is 5.73 Å². The third kappa shape index (κ3) is 2.74. The summed E-state index contributed by atoms with van der Waals surface area (Å²) in [6, 6.07) is 13.9. The Morgan fingerprint density at radius 1 is 1.24 bits per heavy atom. The van der Waals surface area contributed by atoms with Gasteiger partial charge in [0.15, 0.2) is 5.78 Å². The molecule has 2 N–H and O–H groups in total. The molecule has 0 saturated heterocycles. The number of hydrogen-bond donors (Lipinski definition) is 1. The van der Waals surface area contributed by atoms with Crippen LogP contribution in [0.2, 0.25) is 0 Å². The number of rotatable bonds is 4. The Morgan fingerprint density at radius 2 is 2.05 bits per heavy atom. The quantitative estimate of drug-likeness (QED) is 0.937. The summed E-state index contributed by atoms with van der Waals surface area (Å²) < 4.78 is 0. The Morgan fingerprint density at radius 3 is 2.81 bits per heavy atom. The fourth-order valence-electron chi connectivity index (χ4n) is 3.23. The molecule has 1 aliphatic rings. The van der Waals surface area contributed by atoms with Crippen molar-refractivity contribution in [2.75, 3.05) is 6.54 Å². The van der Waals surface area contributed by atoms with Crippen molar-refractivity contribution in [3.63, 3.8) is 0 Å². The first-order valence-electron chi connectivity index (χ1n) is 7.53. The predicted octanol–water partition coefficient (Wildman–Crippen LogP) is 2.81. The fourth-order valence-corrected chi connectivity index (χ4v) is 3.23. The van der Waals surface area contributed by atoms with Crippen LogP contribution in [0.5, 0.6) is 0 Å². The van der Waals surface area contributed by atoms with Gasteiger partial charge in [0, 0.05) is 12.7 Å². The molecule has 0 radical (unpaired) electrons. The molecule has 3 rings (SSSR count). The Labute approximate surface area is 125 Å². The van der Waals surface area contributed by atoms with Crippen LogP contribution in [0, 0.1) is 0 Å². The highest BCUT2D eigenvalue weighted by Crippen LogP contribution is 2.34. The molecule has 1 aromatic heterocycles. The molecule has 0 aliphatic heterocycles. The number of nitrogens with two attached hydrogens (primary N) is 1. The van der Waals surface area contributed by atoms with Gasteiger partial charge in [-0.1, -0.05) is 36.4 Å². The van der Waals surface area contributed by atoms with Crippen molar-refractivity contribution in [3.05, 3.63) is 65.5 Å². The van der Waals surface area contributed by atoms with E-state index in [0.29, 0.717) is 6.54 Å². The number of ketones is 1. The van der Waals surface area contributed by atoms with Gasteiger partial charge in [-0.3, -0.25) is 9.78 Å². The highest BCUT2D eigenvalue weighted by molar-refractivity contribution is 5.92. The van der Waals surface area contributed by atoms with Crippen LogP contribution in [-0.2, 0) is 11.2 Å². The van der Waals surface area contributed by atoms with Gasteiger partial charge in [-0.25, -0.2) is 0 Å². The second kappa shape index (κ2) is 6.19. The molecule has 0 fully saturated rings. The van der Waals surface area contributed by atoms with Crippen LogP contribution in [0.3, 0.4) is 0 Å². The Bertz CT molecular complexity index is 624. The highest BCUT2D eigenvalue weighted by Gasteiger charge is 2.32. The zero-order valence-electron chi connectivity index (χ0n) is 12.0. The lowest BCUT2D eigenvalue weighted by atomic mass is 9.78. The molecular weight excluding hydrogens is 260 g/mol. The molecule has 2 aromatic rings. The largest absolute Gasteiger partial charge is 0.329 e. The van der Waals surface area contributed by atoms with E-state index in [2.05, 4.69) is 11.1 Å². The molecular formula is C18H20N2O. The molecule has 1 heterocycles. The zero-order valence-corrected chi connectivity index (χ0v) is 12.0. The zero-order chi connectivity index (χ0) is 14.7. The van der Waals surface area contributed by atoms with Crippen molar-refractivity contribution >= 4 is 5.78 Å². The van der Waals surface area contributed by atoms with Crippen molar-refractivity contribution in [3.8, 4) is 0 Å². The van der Waals surface area contributed by atoms with Crippen molar-refractivity contribution in [1.82, 2.24) is 4.98 Å². The van der Waals surface area contributed by atoms with Crippen LogP contribution < -0.4 is 5.73 Å². The number of aromatic nitrogens is 1.